The van der Waals surface area contributed by atoms with E-state index in [1.807, 2.05) is 0 Å². The summed E-state index contributed by atoms with van der Waals surface area (Å²) < 4.78 is 0. The monoisotopic (exact) mass is 253 g/mol. The third-order valence-electron chi connectivity index (χ3n) is 3.56. The molecular weight excluding hydrogens is 230 g/mol. The minimum Gasteiger partial charge on any atom is -0.302 e. The zero-order valence-electron chi connectivity index (χ0n) is 12.4. The topological polar surface area (TPSA) is 3.24 Å². The number of benzene rings is 2. The van der Waals surface area contributed by atoms with Gasteiger partial charge >= 0.3 is 0 Å². The SMILES string of the molecule is Cc1cccc(C[C@H](c2cccc(C)c2)N(C)C)c1. The molecule has 0 radical (unpaired) electrons. The summed E-state index contributed by atoms with van der Waals surface area (Å²) in [7, 11) is 4.31. The highest BCUT2D eigenvalue weighted by Crippen LogP contribution is 2.24. The molecule has 0 aromatic heterocycles. The van der Waals surface area contributed by atoms with Gasteiger partial charge in [-0.2, -0.15) is 0 Å². The summed E-state index contributed by atoms with van der Waals surface area (Å²) in [6.45, 7) is 4.31. The molecule has 1 heteroatoms. The largest absolute Gasteiger partial charge is 0.302 e. The Balaban J connectivity index is 2.26. The predicted octanol–water partition coefficient (Wildman–Crippen LogP) is 4.15. The smallest absolute Gasteiger partial charge is 0.0382 e. The van der Waals surface area contributed by atoms with Gasteiger partial charge in [0.25, 0.3) is 0 Å². The van der Waals surface area contributed by atoms with Crippen LogP contribution in [0.3, 0.4) is 0 Å². The molecule has 0 spiro atoms. The van der Waals surface area contributed by atoms with Gasteiger partial charge in [0.1, 0.15) is 0 Å². The lowest BCUT2D eigenvalue weighted by atomic mass is 9.96. The summed E-state index contributed by atoms with van der Waals surface area (Å²) in [6, 6.07) is 18.1. The third-order valence-corrected chi connectivity index (χ3v) is 3.56. The Morgan fingerprint density at radius 1 is 0.895 bits per heavy atom. The summed E-state index contributed by atoms with van der Waals surface area (Å²) in [5.41, 5.74) is 5.46. The molecule has 2 aromatic carbocycles. The molecule has 2 aromatic rings. The molecule has 1 atom stereocenters. The zero-order valence-corrected chi connectivity index (χ0v) is 12.4. The first-order valence-corrected chi connectivity index (χ1v) is 6.85. The number of hydrogen-bond acceptors (Lipinski definition) is 1. The second kappa shape index (κ2) is 6.03. The number of hydrogen-bond donors (Lipinski definition) is 0. The molecule has 0 fully saturated rings. The van der Waals surface area contributed by atoms with Crippen molar-refractivity contribution in [2.75, 3.05) is 14.1 Å². The fourth-order valence-corrected chi connectivity index (χ4v) is 2.54. The summed E-state index contributed by atoms with van der Waals surface area (Å²) in [5, 5.41) is 0. The first-order chi connectivity index (χ1) is 9.06. The van der Waals surface area contributed by atoms with Gasteiger partial charge in [0.05, 0.1) is 0 Å². The Bertz CT molecular complexity index is 543. The van der Waals surface area contributed by atoms with Crippen molar-refractivity contribution in [2.24, 2.45) is 0 Å². The van der Waals surface area contributed by atoms with Crippen molar-refractivity contribution in [2.45, 2.75) is 26.3 Å². The lowest BCUT2D eigenvalue weighted by Gasteiger charge is -2.25. The van der Waals surface area contributed by atoms with Crippen LogP contribution in [-0.2, 0) is 6.42 Å². The van der Waals surface area contributed by atoms with Gasteiger partial charge in [-0.25, -0.2) is 0 Å². The van der Waals surface area contributed by atoms with Crippen molar-refractivity contribution < 1.29 is 0 Å². The van der Waals surface area contributed by atoms with Crippen LogP contribution in [0.4, 0.5) is 0 Å². The van der Waals surface area contributed by atoms with E-state index in [0.717, 1.165) is 6.42 Å². The van der Waals surface area contributed by atoms with E-state index in [-0.39, 0.29) is 0 Å². The first-order valence-electron chi connectivity index (χ1n) is 6.85. The maximum absolute atomic E-state index is 2.30. The van der Waals surface area contributed by atoms with E-state index in [4.69, 9.17) is 0 Å². The molecule has 100 valence electrons. The van der Waals surface area contributed by atoms with E-state index in [1.54, 1.807) is 0 Å². The Labute approximate surface area is 116 Å². The van der Waals surface area contributed by atoms with Gasteiger partial charge in [-0.3, -0.25) is 0 Å². The third kappa shape index (κ3) is 3.68. The van der Waals surface area contributed by atoms with Gasteiger partial charge < -0.3 is 4.90 Å². The maximum Gasteiger partial charge on any atom is 0.0382 e. The van der Waals surface area contributed by atoms with Crippen LogP contribution in [0.5, 0.6) is 0 Å². The molecule has 1 nitrogen and oxygen atoms in total. The fourth-order valence-electron chi connectivity index (χ4n) is 2.54. The van der Waals surface area contributed by atoms with Gasteiger partial charge in [-0.15, -0.1) is 0 Å². The van der Waals surface area contributed by atoms with Crippen molar-refractivity contribution in [3.63, 3.8) is 0 Å². The summed E-state index contributed by atoms with van der Waals surface area (Å²) in [6.07, 6.45) is 1.05. The summed E-state index contributed by atoms with van der Waals surface area (Å²) >= 11 is 0. The van der Waals surface area contributed by atoms with E-state index >= 15 is 0 Å². The summed E-state index contributed by atoms with van der Waals surface area (Å²) in [4.78, 5) is 2.30. The maximum atomic E-state index is 2.30. The van der Waals surface area contributed by atoms with Crippen LogP contribution in [-0.4, -0.2) is 19.0 Å². The fraction of sp³-hybridized carbons (Fsp3) is 0.333. The minimum atomic E-state index is 0.432. The predicted molar refractivity (Wildman–Crippen MR) is 82.5 cm³/mol. The molecule has 0 aliphatic carbocycles. The molecule has 0 aliphatic heterocycles. The highest BCUT2D eigenvalue weighted by Gasteiger charge is 2.14. The Hall–Kier alpha value is -1.60. The molecular formula is C18H23N. The van der Waals surface area contributed by atoms with Gasteiger partial charge in [-0.05, 0) is 45.5 Å². The van der Waals surface area contributed by atoms with Crippen LogP contribution in [0.1, 0.15) is 28.3 Å². The van der Waals surface area contributed by atoms with Crippen molar-refractivity contribution in [1.82, 2.24) is 4.90 Å². The second-order valence-electron chi connectivity index (χ2n) is 5.59. The number of nitrogens with zero attached hydrogens (tertiary/aromatic N) is 1. The van der Waals surface area contributed by atoms with Crippen LogP contribution >= 0.6 is 0 Å². The molecule has 0 N–H and O–H groups in total. The first kappa shape index (κ1) is 13.8. The normalized spacial score (nSPS) is 12.7. The lowest BCUT2D eigenvalue weighted by molar-refractivity contribution is 0.297. The molecule has 0 saturated carbocycles. The Morgan fingerprint density at radius 2 is 1.53 bits per heavy atom. The standard InChI is InChI=1S/C18H23N/c1-14-7-5-9-16(11-14)13-18(19(3)4)17-10-6-8-15(2)12-17/h5-12,18H,13H2,1-4H3/t18-/m1/s1. The quantitative estimate of drug-likeness (QED) is 0.791. The zero-order chi connectivity index (χ0) is 13.8. The van der Waals surface area contributed by atoms with Crippen LogP contribution in [0.25, 0.3) is 0 Å². The van der Waals surface area contributed by atoms with E-state index in [0.29, 0.717) is 6.04 Å². The van der Waals surface area contributed by atoms with Crippen molar-refractivity contribution in [3.05, 3.63) is 70.8 Å². The average molecular weight is 253 g/mol. The van der Waals surface area contributed by atoms with Crippen LogP contribution in [0.2, 0.25) is 0 Å². The number of likely N-dealkylation sites (N-methyl/N-ethyl adjacent to an activating group) is 1. The highest BCUT2D eigenvalue weighted by atomic mass is 15.1. The molecule has 0 aliphatic rings. The second-order valence-corrected chi connectivity index (χ2v) is 5.59. The van der Waals surface area contributed by atoms with Gasteiger partial charge in [-0.1, -0.05) is 59.7 Å². The average Bonchev–Trinajstić information content (AvgIpc) is 2.35. The van der Waals surface area contributed by atoms with Crippen molar-refractivity contribution in [3.8, 4) is 0 Å². The van der Waals surface area contributed by atoms with Gasteiger partial charge in [0, 0.05) is 6.04 Å². The Morgan fingerprint density at radius 3 is 2.11 bits per heavy atom. The van der Waals surface area contributed by atoms with E-state index in [1.165, 1.54) is 22.3 Å². The Kier molecular flexibility index (Phi) is 4.39. The molecule has 0 heterocycles. The molecule has 0 amide bonds. The van der Waals surface area contributed by atoms with Crippen molar-refractivity contribution >= 4 is 0 Å². The molecule has 0 unspecified atom stereocenters. The molecule has 2 rings (SSSR count). The minimum absolute atomic E-state index is 0.432. The number of aryl methyl sites for hydroxylation is 2. The van der Waals surface area contributed by atoms with Crippen LogP contribution < -0.4 is 0 Å². The lowest BCUT2D eigenvalue weighted by Crippen LogP contribution is -2.22. The molecule has 0 saturated heterocycles. The van der Waals surface area contributed by atoms with E-state index in [2.05, 4.69) is 81.4 Å². The highest BCUT2D eigenvalue weighted by molar-refractivity contribution is 5.29. The number of rotatable bonds is 4. The van der Waals surface area contributed by atoms with Crippen LogP contribution in [0.15, 0.2) is 48.5 Å². The van der Waals surface area contributed by atoms with Crippen LogP contribution in [0, 0.1) is 13.8 Å². The van der Waals surface area contributed by atoms with Gasteiger partial charge in [0.2, 0.25) is 0 Å². The molecule has 19 heavy (non-hydrogen) atoms. The van der Waals surface area contributed by atoms with E-state index in [9.17, 15) is 0 Å². The van der Waals surface area contributed by atoms with Gasteiger partial charge in [0.15, 0.2) is 0 Å². The van der Waals surface area contributed by atoms with Crippen molar-refractivity contribution in [1.29, 1.82) is 0 Å². The summed E-state index contributed by atoms with van der Waals surface area (Å²) in [5.74, 6) is 0. The van der Waals surface area contributed by atoms with E-state index < -0.39 is 0 Å². The molecule has 0 bridgehead atoms.